The topological polar surface area (TPSA) is 29.4 Å². The molecule has 1 unspecified atom stereocenters. The molecule has 2 aromatic carbocycles. The third kappa shape index (κ3) is 2.87. The number of nitrogens with zero attached hydrogens (tertiary/aromatic N) is 1. The highest BCUT2D eigenvalue weighted by molar-refractivity contribution is 5.68. The number of halogens is 1. The van der Waals surface area contributed by atoms with Crippen molar-refractivity contribution in [3.8, 4) is 11.1 Å². The minimum Gasteiger partial charge on any atom is -0.207 e. The van der Waals surface area contributed by atoms with Crippen LogP contribution in [0.3, 0.4) is 0 Å². The van der Waals surface area contributed by atoms with Crippen molar-refractivity contribution in [2.24, 2.45) is 5.18 Å². The van der Waals surface area contributed by atoms with Gasteiger partial charge in [-0.05, 0) is 42.2 Å². The maximum absolute atomic E-state index is 13.4. The second-order valence-corrected chi connectivity index (χ2v) is 4.63. The van der Waals surface area contributed by atoms with Crippen LogP contribution < -0.4 is 0 Å². The first kappa shape index (κ1) is 13.4. The van der Waals surface area contributed by atoms with E-state index in [4.69, 9.17) is 0 Å². The van der Waals surface area contributed by atoms with Gasteiger partial charge in [-0.1, -0.05) is 48.0 Å². The summed E-state index contributed by atoms with van der Waals surface area (Å²) in [5.74, 6) is -0.339. The molecule has 0 aliphatic rings. The summed E-state index contributed by atoms with van der Waals surface area (Å²) in [7, 11) is 0. The van der Waals surface area contributed by atoms with Gasteiger partial charge in [0.1, 0.15) is 11.9 Å². The van der Waals surface area contributed by atoms with Crippen molar-refractivity contribution in [2.75, 3.05) is 0 Å². The average Bonchev–Trinajstić information content (AvgIpc) is 2.40. The smallest absolute Gasteiger partial charge is 0.123 e. The highest BCUT2D eigenvalue weighted by Gasteiger charge is 2.16. The summed E-state index contributed by atoms with van der Waals surface area (Å²) in [6, 6.07) is 12.0. The summed E-state index contributed by atoms with van der Waals surface area (Å²) in [6.07, 6.45) is 0.561. The lowest BCUT2D eigenvalue weighted by atomic mass is 9.93. The van der Waals surface area contributed by atoms with Crippen LogP contribution in [0.25, 0.3) is 11.1 Å². The fourth-order valence-electron chi connectivity index (χ4n) is 2.24. The Bertz CT molecular complexity index is 595. The van der Waals surface area contributed by atoms with E-state index >= 15 is 0 Å². The molecule has 19 heavy (non-hydrogen) atoms. The number of hydrogen-bond donors (Lipinski definition) is 0. The van der Waals surface area contributed by atoms with Crippen LogP contribution in [0.5, 0.6) is 0 Å². The molecule has 0 radical (unpaired) electrons. The number of hydrogen-bond acceptors (Lipinski definition) is 2. The summed E-state index contributed by atoms with van der Waals surface area (Å²) in [5, 5.41) is 3.11. The molecule has 0 N–H and O–H groups in total. The number of aryl methyl sites for hydroxylation is 1. The highest BCUT2D eigenvalue weighted by Crippen LogP contribution is 2.32. The van der Waals surface area contributed by atoms with Crippen LogP contribution in [0.1, 0.15) is 30.5 Å². The molecule has 2 aromatic rings. The lowest BCUT2D eigenvalue weighted by molar-refractivity contribution is 0.617. The first-order valence-electron chi connectivity index (χ1n) is 6.34. The number of benzene rings is 2. The molecule has 2 nitrogen and oxygen atoms in total. The van der Waals surface area contributed by atoms with E-state index in [0.29, 0.717) is 12.0 Å². The third-order valence-corrected chi connectivity index (χ3v) is 3.22. The van der Waals surface area contributed by atoms with Crippen LogP contribution in [0.4, 0.5) is 4.39 Å². The SMILES string of the molecule is CCC(N=O)c1cc(F)ccc1-c1cccc(C)c1. The minimum atomic E-state index is -0.508. The van der Waals surface area contributed by atoms with Crippen LogP contribution in [0, 0.1) is 17.6 Å². The lowest BCUT2D eigenvalue weighted by Crippen LogP contribution is -1.97. The van der Waals surface area contributed by atoms with Gasteiger partial charge >= 0.3 is 0 Å². The predicted molar refractivity (Wildman–Crippen MR) is 75.4 cm³/mol. The Labute approximate surface area is 112 Å². The monoisotopic (exact) mass is 257 g/mol. The van der Waals surface area contributed by atoms with Gasteiger partial charge in [-0.15, -0.1) is 0 Å². The van der Waals surface area contributed by atoms with Crippen LogP contribution in [-0.4, -0.2) is 0 Å². The molecule has 0 aliphatic carbocycles. The molecule has 0 aliphatic heterocycles. The van der Waals surface area contributed by atoms with Gasteiger partial charge in [0.2, 0.25) is 0 Å². The van der Waals surface area contributed by atoms with Crippen molar-refractivity contribution < 1.29 is 4.39 Å². The molecule has 0 saturated heterocycles. The Morgan fingerprint density at radius 1 is 1.21 bits per heavy atom. The fraction of sp³-hybridized carbons (Fsp3) is 0.250. The molecular formula is C16H16FNO. The largest absolute Gasteiger partial charge is 0.207 e. The zero-order valence-corrected chi connectivity index (χ0v) is 11.1. The Kier molecular flexibility index (Phi) is 4.05. The normalized spacial score (nSPS) is 12.2. The van der Waals surface area contributed by atoms with Crippen molar-refractivity contribution in [1.29, 1.82) is 0 Å². The molecule has 0 fully saturated rings. The van der Waals surface area contributed by atoms with Crippen molar-refractivity contribution in [2.45, 2.75) is 26.3 Å². The van der Waals surface area contributed by atoms with E-state index in [1.54, 1.807) is 6.07 Å². The summed E-state index contributed by atoms with van der Waals surface area (Å²) in [5.41, 5.74) is 3.64. The fourth-order valence-corrected chi connectivity index (χ4v) is 2.24. The second kappa shape index (κ2) is 5.74. The van der Waals surface area contributed by atoms with Gasteiger partial charge < -0.3 is 0 Å². The standard InChI is InChI=1S/C16H16FNO/c1-3-16(18-19)15-10-13(17)7-8-14(15)12-6-4-5-11(2)9-12/h4-10,16H,3H2,1-2H3. The van der Waals surface area contributed by atoms with Crippen molar-refractivity contribution in [3.63, 3.8) is 0 Å². The molecule has 0 spiro atoms. The quantitative estimate of drug-likeness (QED) is 0.707. The van der Waals surface area contributed by atoms with Crippen LogP contribution in [0.2, 0.25) is 0 Å². The molecule has 1 atom stereocenters. The van der Waals surface area contributed by atoms with E-state index in [0.717, 1.165) is 16.7 Å². The van der Waals surface area contributed by atoms with E-state index < -0.39 is 6.04 Å². The second-order valence-electron chi connectivity index (χ2n) is 4.63. The maximum atomic E-state index is 13.4. The van der Waals surface area contributed by atoms with Crippen LogP contribution >= 0.6 is 0 Å². The minimum absolute atomic E-state index is 0.339. The Balaban J connectivity index is 2.59. The third-order valence-electron chi connectivity index (χ3n) is 3.22. The Morgan fingerprint density at radius 2 is 2.00 bits per heavy atom. The maximum Gasteiger partial charge on any atom is 0.123 e. The average molecular weight is 257 g/mol. The Hall–Kier alpha value is -2.03. The van der Waals surface area contributed by atoms with Gasteiger partial charge in [0.25, 0.3) is 0 Å². The molecule has 2 rings (SSSR count). The van der Waals surface area contributed by atoms with Crippen LogP contribution in [0.15, 0.2) is 47.6 Å². The Morgan fingerprint density at radius 3 is 2.63 bits per heavy atom. The first-order valence-corrected chi connectivity index (χ1v) is 6.34. The van der Waals surface area contributed by atoms with Gasteiger partial charge in [-0.2, -0.15) is 4.91 Å². The van der Waals surface area contributed by atoms with Crippen molar-refractivity contribution >= 4 is 0 Å². The number of nitroso groups, excluding NO2 is 1. The first-order chi connectivity index (χ1) is 9.15. The molecule has 3 heteroatoms. The lowest BCUT2D eigenvalue weighted by Gasteiger charge is -2.14. The molecule has 98 valence electrons. The van der Waals surface area contributed by atoms with Gasteiger partial charge in [-0.3, -0.25) is 0 Å². The van der Waals surface area contributed by atoms with E-state index in [1.807, 2.05) is 38.1 Å². The van der Waals surface area contributed by atoms with Gasteiger partial charge in [0, 0.05) is 0 Å². The zero-order chi connectivity index (χ0) is 13.8. The van der Waals surface area contributed by atoms with E-state index in [1.165, 1.54) is 12.1 Å². The van der Waals surface area contributed by atoms with E-state index in [-0.39, 0.29) is 5.82 Å². The molecule has 0 heterocycles. The van der Waals surface area contributed by atoms with E-state index in [2.05, 4.69) is 5.18 Å². The van der Waals surface area contributed by atoms with Gasteiger partial charge in [0.15, 0.2) is 0 Å². The molecule has 0 amide bonds. The molecule has 0 aromatic heterocycles. The summed E-state index contributed by atoms with van der Waals surface area (Å²) in [6.45, 7) is 3.87. The van der Waals surface area contributed by atoms with Crippen LogP contribution in [-0.2, 0) is 0 Å². The molecule has 0 saturated carbocycles. The number of rotatable bonds is 4. The summed E-state index contributed by atoms with van der Waals surface area (Å²) in [4.78, 5) is 10.9. The summed E-state index contributed by atoms with van der Waals surface area (Å²) >= 11 is 0. The molecule has 0 bridgehead atoms. The molecular weight excluding hydrogens is 241 g/mol. The predicted octanol–water partition coefficient (Wildman–Crippen LogP) is 5.02. The van der Waals surface area contributed by atoms with Gasteiger partial charge in [0.05, 0.1) is 0 Å². The van der Waals surface area contributed by atoms with Gasteiger partial charge in [-0.25, -0.2) is 4.39 Å². The zero-order valence-electron chi connectivity index (χ0n) is 11.1. The van der Waals surface area contributed by atoms with E-state index in [9.17, 15) is 9.30 Å². The summed E-state index contributed by atoms with van der Waals surface area (Å²) < 4.78 is 13.4. The highest BCUT2D eigenvalue weighted by atomic mass is 19.1. The van der Waals surface area contributed by atoms with Crippen molar-refractivity contribution in [1.82, 2.24) is 0 Å². The van der Waals surface area contributed by atoms with Crippen molar-refractivity contribution in [3.05, 3.63) is 64.3 Å².